The van der Waals surface area contributed by atoms with Crippen molar-refractivity contribution in [2.45, 2.75) is 31.7 Å². The van der Waals surface area contributed by atoms with E-state index in [1.54, 1.807) is 10.9 Å². The fourth-order valence-electron chi connectivity index (χ4n) is 2.63. The monoisotopic (exact) mass is 300 g/mol. The van der Waals surface area contributed by atoms with E-state index in [0.29, 0.717) is 24.7 Å². The number of amides is 1. The quantitative estimate of drug-likeness (QED) is 0.867. The maximum absolute atomic E-state index is 11.9. The zero-order valence-electron chi connectivity index (χ0n) is 12.6. The summed E-state index contributed by atoms with van der Waals surface area (Å²) in [5.74, 6) is 0.430. The van der Waals surface area contributed by atoms with Gasteiger partial charge in [-0.3, -0.25) is 9.48 Å². The van der Waals surface area contributed by atoms with E-state index in [1.807, 2.05) is 25.2 Å². The summed E-state index contributed by atoms with van der Waals surface area (Å²) in [7, 11) is 1.87. The number of rotatable bonds is 5. The first kappa shape index (κ1) is 14.6. The van der Waals surface area contributed by atoms with Crippen LogP contribution in [0, 0.1) is 0 Å². The largest absolute Gasteiger partial charge is 0.309 e. The van der Waals surface area contributed by atoms with Crippen molar-refractivity contribution >= 4 is 11.7 Å². The predicted molar refractivity (Wildman–Crippen MR) is 82.2 cm³/mol. The Hall–Kier alpha value is -2.28. The van der Waals surface area contributed by atoms with Crippen LogP contribution >= 0.6 is 0 Å². The lowest BCUT2D eigenvalue weighted by Gasteiger charge is -2.09. The minimum atomic E-state index is -0.0674. The van der Waals surface area contributed by atoms with E-state index in [9.17, 15) is 4.79 Å². The van der Waals surface area contributed by atoms with Gasteiger partial charge >= 0.3 is 0 Å². The van der Waals surface area contributed by atoms with Crippen LogP contribution in [-0.4, -0.2) is 32.4 Å². The van der Waals surface area contributed by atoms with Crippen LogP contribution in [0.4, 0.5) is 5.82 Å². The second-order valence-electron chi connectivity index (χ2n) is 5.49. The minimum Gasteiger partial charge on any atom is -0.309 e. The van der Waals surface area contributed by atoms with Crippen LogP contribution in [0.25, 0.3) is 0 Å². The van der Waals surface area contributed by atoms with Gasteiger partial charge in [-0.2, -0.15) is 10.2 Å². The third-order valence-corrected chi connectivity index (χ3v) is 3.90. The van der Waals surface area contributed by atoms with Gasteiger partial charge in [0.2, 0.25) is 5.91 Å². The Morgan fingerprint density at radius 2 is 2.32 bits per heavy atom. The molecule has 22 heavy (non-hydrogen) atoms. The second-order valence-corrected chi connectivity index (χ2v) is 5.49. The van der Waals surface area contributed by atoms with Gasteiger partial charge in [-0.15, -0.1) is 5.10 Å². The van der Waals surface area contributed by atoms with Crippen LogP contribution in [0.15, 0.2) is 24.4 Å². The van der Waals surface area contributed by atoms with E-state index in [4.69, 9.17) is 0 Å². The van der Waals surface area contributed by atoms with Crippen molar-refractivity contribution in [3.63, 3.8) is 0 Å². The average molecular weight is 300 g/mol. The molecule has 1 atom stereocenters. The molecule has 0 radical (unpaired) electrons. The highest BCUT2D eigenvalue weighted by Crippen LogP contribution is 2.20. The Balaban J connectivity index is 1.51. The van der Waals surface area contributed by atoms with Crippen LogP contribution in [0.5, 0.6) is 0 Å². The van der Waals surface area contributed by atoms with Crippen molar-refractivity contribution in [3.8, 4) is 0 Å². The Kier molecular flexibility index (Phi) is 4.43. The summed E-state index contributed by atoms with van der Waals surface area (Å²) < 4.78 is 1.77. The molecule has 2 aromatic rings. The molecule has 1 saturated heterocycles. The number of anilines is 1. The zero-order chi connectivity index (χ0) is 15.4. The molecule has 1 fully saturated rings. The van der Waals surface area contributed by atoms with Crippen LogP contribution in [-0.2, 0) is 18.3 Å². The first-order valence-corrected chi connectivity index (χ1v) is 7.56. The summed E-state index contributed by atoms with van der Waals surface area (Å²) >= 11 is 0. The van der Waals surface area contributed by atoms with Crippen LogP contribution < -0.4 is 10.6 Å². The number of hydrogen-bond donors (Lipinski definition) is 2. The van der Waals surface area contributed by atoms with E-state index >= 15 is 0 Å². The Bertz CT molecular complexity index is 630. The molecule has 0 aromatic carbocycles. The topological polar surface area (TPSA) is 84.7 Å². The van der Waals surface area contributed by atoms with Gasteiger partial charge in [0.15, 0.2) is 5.82 Å². The van der Waals surface area contributed by atoms with E-state index in [-0.39, 0.29) is 5.91 Å². The number of hydrogen-bond acceptors (Lipinski definition) is 5. The van der Waals surface area contributed by atoms with Crippen molar-refractivity contribution in [2.24, 2.45) is 7.05 Å². The second kappa shape index (κ2) is 6.65. The lowest BCUT2D eigenvalue weighted by atomic mass is 10.1. The summed E-state index contributed by atoms with van der Waals surface area (Å²) in [4.78, 5) is 11.9. The SMILES string of the molecule is Cn1nccc1CCC(=O)Nc1ccc(C2CCCN2)nn1. The summed E-state index contributed by atoms with van der Waals surface area (Å²) in [5, 5.41) is 18.5. The predicted octanol–water partition coefficient (Wildman–Crippen LogP) is 1.21. The van der Waals surface area contributed by atoms with Crippen LogP contribution in [0.1, 0.15) is 36.7 Å². The van der Waals surface area contributed by atoms with Crippen molar-refractivity contribution in [1.82, 2.24) is 25.3 Å². The molecule has 7 nitrogen and oxygen atoms in total. The Morgan fingerprint density at radius 1 is 1.41 bits per heavy atom. The van der Waals surface area contributed by atoms with Gasteiger partial charge in [-0.25, -0.2) is 0 Å². The van der Waals surface area contributed by atoms with E-state index < -0.39 is 0 Å². The molecule has 2 aromatic heterocycles. The molecule has 1 aliphatic heterocycles. The molecule has 1 aliphatic rings. The third kappa shape index (κ3) is 3.48. The van der Waals surface area contributed by atoms with E-state index in [2.05, 4.69) is 25.9 Å². The summed E-state index contributed by atoms with van der Waals surface area (Å²) in [6, 6.07) is 5.94. The summed E-state index contributed by atoms with van der Waals surface area (Å²) in [6.07, 6.45) is 5.03. The number of nitrogens with one attached hydrogen (secondary N) is 2. The highest BCUT2D eigenvalue weighted by Gasteiger charge is 2.17. The fraction of sp³-hybridized carbons (Fsp3) is 0.467. The maximum Gasteiger partial charge on any atom is 0.225 e. The molecule has 2 N–H and O–H groups in total. The number of carbonyl (C=O) groups is 1. The van der Waals surface area contributed by atoms with Gasteiger partial charge in [0.1, 0.15) is 0 Å². The number of nitrogens with zero attached hydrogens (tertiary/aromatic N) is 4. The normalized spacial score (nSPS) is 17.6. The molecule has 0 bridgehead atoms. The van der Waals surface area contributed by atoms with Crippen molar-refractivity contribution in [2.75, 3.05) is 11.9 Å². The average Bonchev–Trinajstić information content (AvgIpc) is 3.18. The summed E-state index contributed by atoms with van der Waals surface area (Å²) in [6.45, 7) is 1.03. The lowest BCUT2D eigenvalue weighted by Crippen LogP contribution is -2.17. The first-order valence-electron chi connectivity index (χ1n) is 7.56. The van der Waals surface area contributed by atoms with Crippen LogP contribution in [0.3, 0.4) is 0 Å². The van der Waals surface area contributed by atoms with Crippen molar-refractivity contribution in [1.29, 1.82) is 0 Å². The maximum atomic E-state index is 11.9. The molecular formula is C15H20N6O. The molecule has 0 spiro atoms. The van der Waals surface area contributed by atoms with Gasteiger partial charge in [-0.1, -0.05) is 0 Å². The standard InChI is InChI=1S/C15H20N6O/c1-21-11(8-10-17-21)4-7-15(22)18-14-6-5-13(19-20-14)12-3-2-9-16-12/h5-6,8,10,12,16H,2-4,7,9H2,1H3,(H,18,20,22). The molecule has 7 heteroatoms. The highest BCUT2D eigenvalue weighted by molar-refractivity contribution is 5.89. The van der Waals surface area contributed by atoms with Crippen LogP contribution in [0.2, 0.25) is 0 Å². The molecule has 3 heterocycles. The Morgan fingerprint density at radius 3 is 2.95 bits per heavy atom. The Labute approximate surface area is 129 Å². The molecule has 116 valence electrons. The van der Waals surface area contributed by atoms with E-state index in [0.717, 1.165) is 24.4 Å². The fourth-order valence-corrected chi connectivity index (χ4v) is 2.63. The first-order chi connectivity index (χ1) is 10.7. The molecule has 1 amide bonds. The van der Waals surface area contributed by atoms with Gasteiger partial charge in [0.05, 0.1) is 11.7 Å². The van der Waals surface area contributed by atoms with Gasteiger partial charge in [0.25, 0.3) is 0 Å². The molecule has 0 saturated carbocycles. The smallest absolute Gasteiger partial charge is 0.225 e. The number of aryl methyl sites for hydroxylation is 2. The van der Waals surface area contributed by atoms with Crippen molar-refractivity contribution < 1.29 is 4.79 Å². The molecular weight excluding hydrogens is 280 g/mol. The lowest BCUT2D eigenvalue weighted by molar-refractivity contribution is -0.116. The number of carbonyl (C=O) groups excluding carboxylic acids is 1. The molecule has 0 aliphatic carbocycles. The zero-order valence-corrected chi connectivity index (χ0v) is 12.6. The molecule has 1 unspecified atom stereocenters. The van der Waals surface area contributed by atoms with Crippen molar-refractivity contribution in [3.05, 3.63) is 35.8 Å². The van der Waals surface area contributed by atoms with E-state index in [1.165, 1.54) is 6.42 Å². The number of aromatic nitrogens is 4. The third-order valence-electron chi connectivity index (χ3n) is 3.90. The van der Waals surface area contributed by atoms with Gasteiger partial charge < -0.3 is 10.6 Å². The highest BCUT2D eigenvalue weighted by atomic mass is 16.1. The minimum absolute atomic E-state index is 0.0674. The van der Waals surface area contributed by atoms with Gasteiger partial charge in [0, 0.05) is 25.4 Å². The summed E-state index contributed by atoms with van der Waals surface area (Å²) in [5.41, 5.74) is 1.97. The van der Waals surface area contributed by atoms with Gasteiger partial charge in [-0.05, 0) is 44.0 Å². The molecule has 3 rings (SSSR count).